The van der Waals surface area contributed by atoms with Gasteiger partial charge in [-0.25, -0.2) is 9.78 Å². The van der Waals surface area contributed by atoms with E-state index in [1.54, 1.807) is 11.5 Å². The van der Waals surface area contributed by atoms with Crippen LogP contribution in [0, 0.1) is 13.8 Å². The molecule has 0 atom stereocenters. The van der Waals surface area contributed by atoms with Crippen LogP contribution in [0.15, 0.2) is 35.4 Å². The Kier molecular flexibility index (Phi) is 4.00. The molecule has 3 aromatic rings. The number of aromatic nitrogens is 2. The van der Waals surface area contributed by atoms with E-state index in [1.807, 2.05) is 31.2 Å². The van der Waals surface area contributed by atoms with E-state index in [0.29, 0.717) is 27.2 Å². The molecule has 0 spiro atoms. The summed E-state index contributed by atoms with van der Waals surface area (Å²) in [6, 6.07) is 7.99. The molecule has 6 heteroatoms. The van der Waals surface area contributed by atoms with Crippen molar-refractivity contribution >= 4 is 27.5 Å². The minimum absolute atomic E-state index is 0.139. The van der Waals surface area contributed by atoms with Gasteiger partial charge in [0.05, 0.1) is 25.4 Å². The number of nitrogens with zero attached hydrogens (tertiary/aromatic N) is 2. The van der Waals surface area contributed by atoms with Gasteiger partial charge in [0.25, 0.3) is 5.56 Å². The molecule has 0 radical (unpaired) electrons. The third-order valence-corrected chi connectivity index (χ3v) is 4.90. The monoisotopic (exact) mass is 328 g/mol. The molecule has 2 heterocycles. The first-order valence-electron chi connectivity index (χ1n) is 7.13. The van der Waals surface area contributed by atoms with E-state index >= 15 is 0 Å². The summed E-state index contributed by atoms with van der Waals surface area (Å²) in [7, 11) is 1.33. The Morgan fingerprint density at radius 3 is 2.83 bits per heavy atom. The molecule has 0 aliphatic heterocycles. The Labute approximate surface area is 137 Å². The van der Waals surface area contributed by atoms with Crippen LogP contribution in [0.3, 0.4) is 0 Å². The van der Waals surface area contributed by atoms with E-state index in [2.05, 4.69) is 4.98 Å². The zero-order valence-corrected chi connectivity index (χ0v) is 13.9. The fourth-order valence-corrected chi connectivity index (χ4v) is 3.62. The first-order valence-corrected chi connectivity index (χ1v) is 7.95. The number of ether oxygens (including phenoxy) is 1. The molecule has 2 aromatic heterocycles. The standard InChI is InChI=1S/C17H16N2O3S/c1-10-5-4-6-12(7-10)8-19-9-18-15-13(16(19)20)11(2)14(23-15)17(21)22-3/h4-7,9H,8H2,1-3H3. The number of esters is 1. The van der Waals surface area contributed by atoms with Crippen LogP contribution in [-0.4, -0.2) is 22.6 Å². The summed E-state index contributed by atoms with van der Waals surface area (Å²) in [6.45, 7) is 4.22. The van der Waals surface area contributed by atoms with Gasteiger partial charge in [0, 0.05) is 0 Å². The summed E-state index contributed by atoms with van der Waals surface area (Å²) in [4.78, 5) is 29.8. The predicted octanol–water partition coefficient (Wildman–Crippen LogP) is 2.91. The Hall–Kier alpha value is -2.47. The van der Waals surface area contributed by atoms with Gasteiger partial charge in [0.15, 0.2) is 0 Å². The number of hydrogen-bond acceptors (Lipinski definition) is 5. The van der Waals surface area contributed by atoms with Crippen LogP contribution in [-0.2, 0) is 11.3 Å². The largest absolute Gasteiger partial charge is 0.465 e. The number of methoxy groups -OCH3 is 1. The van der Waals surface area contributed by atoms with Crippen molar-refractivity contribution in [1.82, 2.24) is 9.55 Å². The number of aryl methyl sites for hydroxylation is 2. The van der Waals surface area contributed by atoms with Crippen molar-refractivity contribution < 1.29 is 9.53 Å². The van der Waals surface area contributed by atoms with Crippen LogP contribution >= 0.6 is 11.3 Å². The summed E-state index contributed by atoms with van der Waals surface area (Å²) >= 11 is 1.19. The highest BCUT2D eigenvalue weighted by molar-refractivity contribution is 7.20. The van der Waals surface area contributed by atoms with E-state index in [9.17, 15) is 9.59 Å². The molecule has 1 aromatic carbocycles. The summed E-state index contributed by atoms with van der Waals surface area (Å²) in [5, 5.41) is 0.491. The van der Waals surface area contributed by atoms with Crippen molar-refractivity contribution in [2.24, 2.45) is 0 Å². The minimum atomic E-state index is -0.435. The fraction of sp³-hybridized carbons (Fsp3) is 0.235. The second-order valence-corrected chi connectivity index (χ2v) is 6.39. The maximum absolute atomic E-state index is 12.7. The highest BCUT2D eigenvalue weighted by Gasteiger charge is 2.19. The van der Waals surface area contributed by atoms with Crippen molar-refractivity contribution in [3.8, 4) is 0 Å². The van der Waals surface area contributed by atoms with Crippen molar-refractivity contribution in [3.05, 3.63) is 62.5 Å². The SMILES string of the molecule is COC(=O)c1sc2ncn(Cc3cccc(C)c3)c(=O)c2c1C. The van der Waals surface area contributed by atoms with E-state index in [1.165, 1.54) is 24.8 Å². The van der Waals surface area contributed by atoms with Gasteiger partial charge in [-0.15, -0.1) is 11.3 Å². The normalized spacial score (nSPS) is 10.9. The topological polar surface area (TPSA) is 61.2 Å². The van der Waals surface area contributed by atoms with E-state index in [-0.39, 0.29) is 5.56 Å². The van der Waals surface area contributed by atoms with Crippen LogP contribution in [0.25, 0.3) is 10.2 Å². The first-order chi connectivity index (χ1) is 11.0. The van der Waals surface area contributed by atoms with E-state index < -0.39 is 5.97 Å². The first kappa shape index (κ1) is 15.4. The van der Waals surface area contributed by atoms with Crippen molar-refractivity contribution in [2.75, 3.05) is 7.11 Å². The van der Waals surface area contributed by atoms with Crippen LogP contribution in [0.4, 0.5) is 0 Å². The molecule has 0 N–H and O–H groups in total. The number of benzene rings is 1. The number of fused-ring (bicyclic) bond motifs is 1. The lowest BCUT2D eigenvalue weighted by Gasteiger charge is -2.06. The third kappa shape index (κ3) is 2.77. The van der Waals surface area contributed by atoms with Crippen molar-refractivity contribution in [3.63, 3.8) is 0 Å². The smallest absolute Gasteiger partial charge is 0.348 e. The summed E-state index contributed by atoms with van der Waals surface area (Å²) in [5.41, 5.74) is 2.67. The molecule has 0 aliphatic rings. The molecule has 0 unspecified atom stereocenters. The molecular formula is C17H16N2O3S. The van der Waals surface area contributed by atoms with Crippen molar-refractivity contribution in [2.45, 2.75) is 20.4 Å². The number of carbonyl (C=O) groups excluding carboxylic acids is 1. The van der Waals surface area contributed by atoms with Gasteiger partial charge < -0.3 is 4.74 Å². The zero-order chi connectivity index (χ0) is 16.6. The Morgan fingerprint density at radius 2 is 2.13 bits per heavy atom. The quantitative estimate of drug-likeness (QED) is 0.694. The Bertz CT molecular complexity index is 956. The fourth-order valence-electron chi connectivity index (χ4n) is 2.57. The molecule has 5 nitrogen and oxygen atoms in total. The zero-order valence-electron chi connectivity index (χ0n) is 13.1. The molecule has 0 amide bonds. The third-order valence-electron chi connectivity index (χ3n) is 3.72. The minimum Gasteiger partial charge on any atom is -0.465 e. The van der Waals surface area contributed by atoms with E-state index in [4.69, 9.17) is 4.74 Å². The maximum atomic E-state index is 12.7. The maximum Gasteiger partial charge on any atom is 0.348 e. The lowest BCUT2D eigenvalue weighted by Crippen LogP contribution is -2.21. The summed E-state index contributed by atoms with van der Waals surface area (Å²) in [6.07, 6.45) is 1.53. The molecule has 0 saturated heterocycles. The number of hydrogen-bond donors (Lipinski definition) is 0. The molecule has 0 fully saturated rings. The molecular weight excluding hydrogens is 312 g/mol. The van der Waals surface area contributed by atoms with Crippen LogP contribution in [0.5, 0.6) is 0 Å². The highest BCUT2D eigenvalue weighted by Crippen LogP contribution is 2.27. The second kappa shape index (κ2) is 5.96. The van der Waals surface area contributed by atoms with Crippen LogP contribution < -0.4 is 5.56 Å². The van der Waals surface area contributed by atoms with Crippen LogP contribution in [0.2, 0.25) is 0 Å². The molecule has 0 saturated carbocycles. The van der Waals surface area contributed by atoms with Gasteiger partial charge in [-0.2, -0.15) is 0 Å². The predicted molar refractivity (Wildman–Crippen MR) is 90.2 cm³/mol. The van der Waals surface area contributed by atoms with Gasteiger partial charge in [0.1, 0.15) is 9.71 Å². The average Bonchev–Trinajstić information content (AvgIpc) is 2.87. The van der Waals surface area contributed by atoms with Crippen molar-refractivity contribution in [1.29, 1.82) is 0 Å². The van der Waals surface area contributed by atoms with E-state index in [0.717, 1.165) is 11.1 Å². The molecule has 0 aliphatic carbocycles. The number of rotatable bonds is 3. The van der Waals surface area contributed by atoms with Gasteiger partial charge in [-0.3, -0.25) is 9.36 Å². The molecule has 0 bridgehead atoms. The van der Waals surface area contributed by atoms with Gasteiger partial charge in [0.2, 0.25) is 0 Å². The van der Waals surface area contributed by atoms with Crippen LogP contribution in [0.1, 0.15) is 26.4 Å². The summed E-state index contributed by atoms with van der Waals surface area (Å²) in [5.74, 6) is -0.435. The Morgan fingerprint density at radius 1 is 1.35 bits per heavy atom. The highest BCUT2D eigenvalue weighted by atomic mass is 32.1. The molecule has 118 valence electrons. The van der Waals surface area contributed by atoms with Gasteiger partial charge in [-0.1, -0.05) is 29.8 Å². The molecule has 23 heavy (non-hydrogen) atoms. The average molecular weight is 328 g/mol. The summed E-state index contributed by atoms with van der Waals surface area (Å²) < 4.78 is 6.33. The number of carbonyl (C=O) groups is 1. The lowest BCUT2D eigenvalue weighted by molar-refractivity contribution is 0.0605. The second-order valence-electron chi connectivity index (χ2n) is 5.39. The number of thiophene rings is 1. The lowest BCUT2D eigenvalue weighted by atomic mass is 10.1. The Balaban J connectivity index is 2.10. The molecule has 3 rings (SSSR count). The van der Waals surface area contributed by atoms with Gasteiger partial charge >= 0.3 is 5.97 Å². The van der Waals surface area contributed by atoms with Gasteiger partial charge in [-0.05, 0) is 25.0 Å².